The molecule has 0 spiro atoms. The Morgan fingerprint density at radius 3 is 2.47 bits per heavy atom. The Morgan fingerprint density at radius 2 is 2.00 bits per heavy atom. The Hall–Kier alpha value is -1.36. The molecule has 0 unspecified atom stereocenters. The fraction of sp³-hybridized carbons (Fsp3) is 0.500. The molecule has 2 heterocycles. The molecule has 4 nitrogen and oxygen atoms in total. The predicted octanol–water partition coefficient (Wildman–Crippen LogP) is 1.39. The number of carbonyl (C=O) groups excluding carboxylic acids is 2. The molecule has 1 saturated heterocycles. The zero-order chi connectivity index (χ0) is 12.4. The lowest BCUT2D eigenvalue weighted by atomic mass is 9.96. The van der Waals surface area contributed by atoms with E-state index in [1.54, 1.807) is 0 Å². The van der Waals surface area contributed by atoms with Crippen molar-refractivity contribution in [2.45, 2.75) is 19.8 Å². The molecule has 1 aliphatic heterocycles. The predicted molar refractivity (Wildman–Crippen MR) is 66.9 cm³/mol. The number of primary amides is 1. The number of likely N-dealkylation sites (tertiary alicyclic amines) is 1. The van der Waals surface area contributed by atoms with E-state index in [4.69, 9.17) is 5.73 Å². The third-order valence-corrected chi connectivity index (χ3v) is 4.12. The van der Waals surface area contributed by atoms with Crippen molar-refractivity contribution in [3.8, 4) is 0 Å². The fourth-order valence-electron chi connectivity index (χ4n) is 2.07. The number of hydrogen-bond donors (Lipinski definition) is 1. The average molecular weight is 252 g/mol. The van der Waals surface area contributed by atoms with Crippen LogP contribution in [0.4, 0.5) is 0 Å². The molecule has 2 rings (SSSR count). The molecule has 5 heteroatoms. The molecular weight excluding hydrogens is 236 g/mol. The van der Waals surface area contributed by atoms with Crippen molar-refractivity contribution in [2.24, 2.45) is 11.7 Å². The molecule has 2 amide bonds. The van der Waals surface area contributed by atoms with Crippen molar-refractivity contribution in [1.82, 2.24) is 4.90 Å². The van der Waals surface area contributed by atoms with Crippen molar-refractivity contribution in [2.75, 3.05) is 13.1 Å². The minimum absolute atomic E-state index is 0.0656. The van der Waals surface area contributed by atoms with Gasteiger partial charge in [-0.1, -0.05) is 0 Å². The number of amides is 2. The van der Waals surface area contributed by atoms with Gasteiger partial charge in [-0.2, -0.15) is 0 Å². The van der Waals surface area contributed by atoms with Gasteiger partial charge in [0.25, 0.3) is 5.91 Å². The van der Waals surface area contributed by atoms with Crippen LogP contribution >= 0.6 is 11.3 Å². The normalized spacial score (nSPS) is 17.1. The third kappa shape index (κ3) is 2.66. The lowest BCUT2D eigenvalue weighted by Gasteiger charge is -2.30. The minimum atomic E-state index is -0.246. The number of hydrogen-bond acceptors (Lipinski definition) is 3. The van der Waals surface area contributed by atoms with Gasteiger partial charge in [-0.25, -0.2) is 0 Å². The standard InChI is InChI=1S/C12H16N2O2S/c1-8-2-3-10(17-8)12(16)14-6-4-9(5-7-14)11(13)15/h2-3,9H,4-7H2,1H3,(H2,13,15). The zero-order valence-corrected chi connectivity index (χ0v) is 10.6. The highest BCUT2D eigenvalue weighted by Crippen LogP contribution is 2.22. The van der Waals surface area contributed by atoms with Gasteiger partial charge in [0.05, 0.1) is 4.88 Å². The van der Waals surface area contributed by atoms with Crippen LogP contribution in [0.2, 0.25) is 0 Å². The van der Waals surface area contributed by atoms with E-state index in [1.165, 1.54) is 11.3 Å². The van der Waals surface area contributed by atoms with Gasteiger partial charge in [0.1, 0.15) is 0 Å². The molecule has 0 atom stereocenters. The molecule has 0 aliphatic carbocycles. The average Bonchev–Trinajstić information content (AvgIpc) is 2.75. The van der Waals surface area contributed by atoms with Gasteiger partial charge in [0.15, 0.2) is 0 Å². The first-order chi connectivity index (χ1) is 8.08. The van der Waals surface area contributed by atoms with Gasteiger partial charge < -0.3 is 10.6 Å². The number of nitrogens with two attached hydrogens (primary N) is 1. The number of aryl methyl sites for hydroxylation is 1. The quantitative estimate of drug-likeness (QED) is 0.864. The van der Waals surface area contributed by atoms with Crippen LogP contribution in [0, 0.1) is 12.8 Å². The van der Waals surface area contributed by atoms with Crippen molar-refractivity contribution in [1.29, 1.82) is 0 Å². The van der Waals surface area contributed by atoms with Crippen LogP contribution in [0.15, 0.2) is 12.1 Å². The Bertz CT molecular complexity index is 433. The number of nitrogens with zero attached hydrogens (tertiary/aromatic N) is 1. The fourth-order valence-corrected chi connectivity index (χ4v) is 2.91. The summed E-state index contributed by atoms with van der Waals surface area (Å²) < 4.78 is 0. The first kappa shape index (κ1) is 12.1. The summed E-state index contributed by atoms with van der Waals surface area (Å²) in [5, 5.41) is 0. The summed E-state index contributed by atoms with van der Waals surface area (Å²) in [5.74, 6) is -0.237. The molecule has 1 fully saturated rings. The van der Waals surface area contributed by atoms with Crippen molar-refractivity contribution < 1.29 is 9.59 Å². The highest BCUT2D eigenvalue weighted by molar-refractivity contribution is 7.13. The second-order valence-corrected chi connectivity index (χ2v) is 5.67. The maximum absolute atomic E-state index is 12.1. The molecular formula is C12H16N2O2S. The maximum Gasteiger partial charge on any atom is 0.263 e. The van der Waals surface area contributed by atoms with E-state index in [9.17, 15) is 9.59 Å². The van der Waals surface area contributed by atoms with Crippen LogP contribution in [0.25, 0.3) is 0 Å². The van der Waals surface area contributed by atoms with E-state index >= 15 is 0 Å². The van der Waals surface area contributed by atoms with Gasteiger partial charge in [0.2, 0.25) is 5.91 Å². The summed E-state index contributed by atoms with van der Waals surface area (Å²) in [6.45, 7) is 3.24. The van der Waals surface area contributed by atoms with Gasteiger partial charge in [0, 0.05) is 23.9 Å². The Morgan fingerprint density at radius 1 is 1.35 bits per heavy atom. The van der Waals surface area contributed by atoms with Crippen molar-refractivity contribution in [3.63, 3.8) is 0 Å². The van der Waals surface area contributed by atoms with Gasteiger partial charge in [-0.3, -0.25) is 9.59 Å². The largest absolute Gasteiger partial charge is 0.369 e. The first-order valence-corrected chi connectivity index (χ1v) is 6.54. The molecule has 0 saturated carbocycles. The second kappa shape index (κ2) is 4.87. The minimum Gasteiger partial charge on any atom is -0.369 e. The van der Waals surface area contributed by atoms with Crippen LogP contribution in [0.5, 0.6) is 0 Å². The molecule has 1 aromatic rings. The lowest BCUT2D eigenvalue weighted by Crippen LogP contribution is -2.41. The van der Waals surface area contributed by atoms with Crippen LogP contribution in [0.3, 0.4) is 0 Å². The molecule has 17 heavy (non-hydrogen) atoms. The summed E-state index contributed by atoms with van der Waals surface area (Å²) in [6.07, 6.45) is 1.37. The first-order valence-electron chi connectivity index (χ1n) is 5.73. The van der Waals surface area contributed by atoms with Crippen LogP contribution < -0.4 is 5.73 Å². The summed E-state index contributed by atoms with van der Waals surface area (Å²) in [4.78, 5) is 26.9. The Balaban J connectivity index is 1.97. The number of carbonyl (C=O) groups is 2. The molecule has 92 valence electrons. The number of rotatable bonds is 2. The second-order valence-electron chi connectivity index (χ2n) is 4.38. The Labute approximate surface area is 104 Å². The van der Waals surface area contributed by atoms with E-state index in [1.807, 2.05) is 24.0 Å². The Kier molecular flexibility index (Phi) is 3.47. The molecule has 2 N–H and O–H groups in total. The summed E-state index contributed by atoms with van der Waals surface area (Å²) in [5.41, 5.74) is 5.26. The van der Waals surface area contributed by atoms with E-state index in [2.05, 4.69) is 0 Å². The number of thiophene rings is 1. The van der Waals surface area contributed by atoms with E-state index in [0.29, 0.717) is 25.9 Å². The molecule has 1 aromatic heterocycles. The van der Waals surface area contributed by atoms with Crippen LogP contribution in [-0.4, -0.2) is 29.8 Å². The number of piperidine rings is 1. The topological polar surface area (TPSA) is 63.4 Å². The molecule has 0 radical (unpaired) electrons. The smallest absolute Gasteiger partial charge is 0.263 e. The van der Waals surface area contributed by atoms with Crippen LogP contribution in [-0.2, 0) is 4.79 Å². The van der Waals surface area contributed by atoms with Gasteiger partial charge in [-0.05, 0) is 31.9 Å². The maximum atomic E-state index is 12.1. The molecule has 0 bridgehead atoms. The highest BCUT2D eigenvalue weighted by Gasteiger charge is 2.26. The van der Waals surface area contributed by atoms with E-state index < -0.39 is 0 Å². The molecule has 0 aromatic carbocycles. The van der Waals surface area contributed by atoms with E-state index in [-0.39, 0.29) is 17.7 Å². The van der Waals surface area contributed by atoms with Gasteiger partial charge >= 0.3 is 0 Å². The van der Waals surface area contributed by atoms with E-state index in [0.717, 1.165) is 9.75 Å². The van der Waals surface area contributed by atoms with Crippen molar-refractivity contribution >= 4 is 23.2 Å². The lowest BCUT2D eigenvalue weighted by molar-refractivity contribution is -0.123. The third-order valence-electron chi connectivity index (χ3n) is 3.14. The summed E-state index contributed by atoms with van der Waals surface area (Å²) in [7, 11) is 0. The summed E-state index contributed by atoms with van der Waals surface area (Å²) >= 11 is 1.51. The molecule has 1 aliphatic rings. The monoisotopic (exact) mass is 252 g/mol. The highest BCUT2D eigenvalue weighted by atomic mass is 32.1. The van der Waals surface area contributed by atoms with Crippen LogP contribution in [0.1, 0.15) is 27.4 Å². The van der Waals surface area contributed by atoms with Gasteiger partial charge in [-0.15, -0.1) is 11.3 Å². The van der Waals surface area contributed by atoms with Crippen molar-refractivity contribution in [3.05, 3.63) is 21.9 Å². The summed E-state index contributed by atoms with van der Waals surface area (Å²) in [6, 6.07) is 3.82. The SMILES string of the molecule is Cc1ccc(C(=O)N2CCC(C(N)=O)CC2)s1. The zero-order valence-electron chi connectivity index (χ0n) is 9.81.